The molecule has 0 spiro atoms. The van der Waals surface area contributed by atoms with Crippen LogP contribution in [0, 0.1) is 0 Å². The molecule has 0 radical (unpaired) electrons. The molecule has 0 aliphatic rings. The second kappa shape index (κ2) is 7.44. The first kappa shape index (κ1) is 17.7. The summed E-state index contributed by atoms with van der Waals surface area (Å²) in [7, 11) is 3.99. The Labute approximate surface area is 154 Å². The molecule has 3 rings (SSSR count). The van der Waals surface area contributed by atoms with E-state index in [1.54, 1.807) is 0 Å². The summed E-state index contributed by atoms with van der Waals surface area (Å²) in [5, 5.41) is 9.77. The number of benzene rings is 3. The number of aliphatic carboxylic acids is 1. The van der Waals surface area contributed by atoms with Crippen LogP contribution < -0.4 is 4.90 Å². The Kier molecular flexibility index (Phi) is 5.08. The van der Waals surface area contributed by atoms with Crippen LogP contribution in [0.3, 0.4) is 0 Å². The Hall–Kier alpha value is -3.07. The van der Waals surface area contributed by atoms with Crippen molar-refractivity contribution in [3.05, 3.63) is 102 Å². The Morgan fingerprint density at radius 3 is 1.58 bits per heavy atom. The predicted octanol–water partition coefficient (Wildman–Crippen LogP) is 4.56. The molecule has 0 saturated carbocycles. The molecule has 0 bridgehead atoms. The maximum Gasteiger partial charge on any atom is 0.304 e. The van der Waals surface area contributed by atoms with Crippen LogP contribution in [0.15, 0.2) is 84.9 Å². The Bertz CT molecular complexity index is 816. The maximum absolute atomic E-state index is 11.9. The molecule has 0 heterocycles. The second-order valence-electron chi connectivity index (χ2n) is 6.65. The highest BCUT2D eigenvalue weighted by molar-refractivity contribution is 5.73. The molecule has 0 saturated heterocycles. The van der Waals surface area contributed by atoms with Crippen molar-refractivity contribution in [3.63, 3.8) is 0 Å². The zero-order valence-electron chi connectivity index (χ0n) is 15.1. The minimum absolute atomic E-state index is 0.0116. The molecule has 26 heavy (non-hydrogen) atoms. The second-order valence-corrected chi connectivity index (χ2v) is 6.65. The van der Waals surface area contributed by atoms with Gasteiger partial charge in [0.25, 0.3) is 0 Å². The van der Waals surface area contributed by atoms with Crippen molar-refractivity contribution in [2.45, 2.75) is 11.8 Å². The summed E-state index contributed by atoms with van der Waals surface area (Å²) in [5.74, 6) is -0.825. The number of hydrogen-bond acceptors (Lipinski definition) is 2. The number of carbonyl (C=O) groups is 1. The van der Waals surface area contributed by atoms with Crippen molar-refractivity contribution in [1.82, 2.24) is 0 Å². The smallest absolute Gasteiger partial charge is 0.304 e. The predicted molar refractivity (Wildman–Crippen MR) is 106 cm³/mol. The van der Waals surface area contributed by atoms with Crippen molar-refractivity contribution < 1.29 is 9.90 Å². The Morgan fingerprint density at radius 2 is 1.19 bits per heavy atom. The summed E-state index contributed by atoms with van der Waals surface area (Å²) in [6.07, 6.45) is -0.0116. The molecule has 0 fully saturated rings. The first-order valence-corrected chi connectivity index (χ1v) is 8.65. The van der Waals surface area contributed by atoms with E-state index in [0.29, 0.717) is 0 Å². The zero-order chi connectivity index (χ0) is 18.6. The van der Waals surface area contributed by atoms with Gasteiger partial charge < -0.3 is 10.0 Å². The molecule has 3 aromatic rings. The number of carboxylic acid groups (broad SMARTS) is 1. The summed E-state index contributed by atoms with van der Waals surface area (Å²) in [5.41, 5.74) is 3.28. The van der Waals surface area contributed by atoms with Crippen LogP contribution in [-0.4, -0.2) is 25.2 Å². The summed E-state index contributed by atoms with van der Waals surface area (Å²) < 4.78 is 0. The SMILES string of the molecule is CN(C)c1ccc(C(CC(=O)O)(c2ccccc2)c2ccccc2)cc1. The molecule has 3 aromatic carbocycles. The van der Waals surface area contributed by atoms with Gasteiger partial charge >= 0.3 is 5.97 Å². The van der Waals surface area contributed by atoms with Gasteiger partial charge in [-0.05, 0) is 28.8 Å². The molecule has 0 aliphatic carbocycles. The highest BCUT2D eigenvalue weighted by atomic mass is 16.4. The van der Waals surface area contributed by atoms with Crippen molar-refractivity contribution in [1.29, 1.82) is 0 Å². The van der Waals surface area contributed by atoms with E-state index in [1.807, 2.05) is 104 Å². The van der Waals surface area contributed by atoms with Crippen LogP contribution in [0.4, 0.5) is 5.69 Å². The van der Waals surface area contributed by atoms with Crippen LogP contribution >= 0.6 is 0 Å². The van der Waals surface area contributed by atoms with Gasteiger partial charge in [0.1, 0.15) is 0 Å². The molecule has 0 amide bonds. The van der Waals surface area contributed by atoms with E-state index in [1.165, 1.54) is 0 Å². The van der Waals surface area contributed by atoms with Gasteiger partial charge in [-0.25, -0.2) is 0 Å². The molecule has 0 aromatic heterocycles. The number of carboxylic acids is 1. The molecule has 3 nitrogen and oxygen atoms in total. The summed E-state index contributed by atoms with van der Waals surface area (Å²) in [6, 6.07) is 28.0. The first-order chi connectivity index (χ1) is 12.5. The van der Waals surface area contributed by atoms with Gasteiger partial charge in [-0.15, -0.1) is 0 Å². The van der Waals surface area contributed by atoms with Gasteiger partial charge in [0.2, 0.25) is 0 Å². The minimum Gasteiger partial charge on any atom is -0.481 e. The van der Waals surface area contributed by atoms with E-state index in [9.17, 15) is 9.90 Å². The average Bonchev–Trinajstić information content (AvgIpc) is 2.67. The number of rotatable bonds is 6. The normalized spacial score (nSPS) is 11.2. The molecule has 0 atom stereocenters. The zero-order valence-corrected chi connectivity index (χ0v) is 15.1. The molecule has 3 heteroatoms. The molecular formula is C23H23NO2. The third-order valence-corrected chi connectivity index (χ3v) is 4.83. The molecule has 0 aliphatic heterocycles. The fourth-order valence-electron chi connectivity index (χ4n) is 3.52. The van der Waals surface area contributed by atoms with Gasteiger partial charge in [-0.3, -0.25) is 4.79 Å². The number of anilines is 1. The van der Waals surface area contributed by atoms with Crippen LogP contribution in [0.2, 0.25) is 0 Å². The van der Waals surface area contributed by atoms with Gasteiger partial charge in [0.15, 0.2) is 0 Å². The highest BCUT2D eigenvalue weighted by Gasteiger charge is 2.38. The lowest BCUT2D eigenvalue weighted by atomic mass is 9.67. The van der Waals surface area contributed by atoms with E-state index >= 15 is 0 Å². The van der Waals surface area contributed by atoms with Crippen LogP contribution in [0.1, 0.15) is 23.1 Å². The first-order valence-electron chi connectivity index (χ1n) is 8.65. The van der Waals surface area contributed by atoms with Gasteiger partial charge in [0.05, 0.1) is 11.8 Å². The lowest BCUT2D eigenvalue weighted by Crippen LogP contribution is -2.32. The average molecular weight is 345 g/mol. The molecule has 0 unspecified atom stereocenters. The summed E-state index contributed by atoms with van der Waals surface area (Å²) in [4.78, 5) is 13.9. The summed E-state index contributed by atoms with van der Waals surface area (Å²) >= 11 is 0. The molecular weight excluding hydrogens is 322 g/mol. The van der Waals surface area contributed by atoms with Crippen molar-refractivity contribution in [2.24, 2.45) is 0 Å². The lowest BCUT2D eigenvalue weighted by molar-refractivity contribution is -0.137. The molecule has 1 N–H and O–H groups in total. The topological polar surface area (TPSA) is 40.5 Å². The third kappa shape index (κ3) is 3.33. The Morgan fingerprint density at radius 1 is 0.769 bits per heavy atom. The standard InChI is InChI=1S/C23H23NO2/c1-24(2)21-15-13-20(14-16-21)23(17-22(25)26,18-9-5-3-6-10-18)19-11-7-4-8-12-19/h3-16H,17H2,1-2H3,(H,25,26). The van der Waals surface area contributed by atoms with E-state index in [4.69, 9.17) is 0 Å². The maximum atomic E-state index is 11.9. The third-order valence-electron chi connectivity index (χ3n) is 4.83. The fourth-order valence-corrected chi connectivity index (χ4v) is 3.52. The Balaban J connectivity index is 2.28. The quantitative estimate of drug-likeness (QED) is 0.666. The van der Waals surface area contributed by atoms with Crippen molar-refractivity contribution >= 4 is 11.7 Å². The number of nitrogens with zero attached hydrogens (tertiary/aromatic N) is 1. The monoisotopic (exact) mass is 345 g/mol. The van der Waals surface area contributed by atoms with E-state index in [0.717, 1.165) is 22.4 Å². The highest BCUT2D eigenvalue weighted by Crippen LogP contribution is 2.42. The lowest BCUT2D eigenvalue weighted by Gasteiger charge is -2.35. The number of hydrogen-bond donors (Lipinski definition) is 1. The minimum atomic E-state index is -0.825. The molecule has 132 valence electrons. The van der Waals surface area contributed by atoms with Crippen LogP contribution in [0.5, 0.6) is 0 Å². The van der Waals surface area contributed by atoms with Gasteiger partial charge in [0, 0.05) is 19.8 Å². The largest absolute Gasteiger partial charge is 0.481 e. The van der Waals surface area contributed by atoms with Gasteiger partial charge in [-0.2, -0.15) is 0 Å². The van der Waals surface area contributed by atoms with E-state index < -0.39 is 11.4 Å². The van der Waals surface area contributed by atoms with Crippen molar-refractivity contribution in [3.8, 4) is 0 Å². The van der Waals surface area contributed by atoms with E-state index in [2.05, 4.69) is 0 Å². The van der Waals surface area contributed by atoms with Crippen LogP contribution in [-0.2, 0) is 10.2 Å². The van der Waals surface area contributed by atoms with Crippen LogP contribution in [0.25, 0.3) is 0 Å². The fraction of sp³-hybridized carbons (Fsp3) is 0.174. The van der Waals surface area contributed by atoms with E-state index in [-0.39, 0.29) is 6.42 Å². The van der Waals surface area contributed by atoms with Gasteiger partial charge in [-0.1, -0.05) is 72.8 Å². The summed E-state index contributed by atoms with van der Waals surface area (Å²) in [6.45, 7) is 0. The van der Waals surface area contributed by atoms with Crippen molar-refractivity contribution in [2.75, 3.05) is 19.0 Å².